The van der Waals surface area contributed by atoms with Gasteiger partial charge >= 0.3 is 0 Å². The van der Waals surface area contributed by atoms with Crippen molar-refractivity contribution in [1.82, 2.24) is 4.31 Å². The molecule has 1 aromatic rings. The predicted octanol–water partition coefficient (Wildman–Crippen LogP) is 2.13. The summed E-state index contributed by atoms with van der Waals surface area (Å²) in [6.07, 6.45) is 0. The number of nitrogens with one attached hydrogen (secondary N) is 1. The summed E-state index contributed by atoms with van der Waals surface area (Å²) in [6.45, 7) is 8.95. The fraction of sp³-hybridized carbons (Fsp3) is 0.600. The molecule has 1 rings (SSSR count). The Bertz CT molecular complexity index is 581. The van der Waals surface area contributed by atoms with Crippen molar-refractivity contribution in [2.75, 3.05) is 25.5 Å². The fourth-order valence-electron chi connectivity index (χ4n) is 2.43. The first-order valence-corrected chi connectivity index (χ1v) is 8.48. The van der Waals surface area contributed by atoms with Crippen molar-refractivity contribution in [3.05, 3.63) is 23.3 Å². The average Bonchev–Trinajstić information content (AvgIpc) is 2.33. The number of benzene rings is 1. The second kappa shape index (κ2) is 6.34. The van der Waals surface area contributed by atoms with E-state index in [0.29, 0.717) is 22.6 Å². The van der Waals surface area contributed by atoms with Gasteiger partial charge in [0.2, 0.25) is 10.0 Å². The summed E-state index contributed by atoms with van der Waals surface area (Å²) in [5.74, 6) is 0. The first-order chi connectivity index (χ1) is 9.52. The van der Waals surface area contributed by atoms with Crippen LogP contribution in [0.2, 0.25) is 0 Å². The Hall–Kier alpha value is -1.11. The standard InChI is InChI=1S/C15H26N2O3S/c1-7-17(10-15(4,5)18)21(19,20)14-11(2)8-13(16-6)9-12(14)3/h8-9,16,18H,7,10H2,1-6H3. The minimum absolute atomic E-state index is 0.0679. The summed E-state index contributed by atoms with van der Waals surface area (Å²) in [4.78, 5) is 0.326. The van der Waals surface area contributed by atoms with Gasteiger partial charge in [-0.3, -0.25) is 0 Å². The van der Waals surface area contributed by atoms with Crippen LogP contribution in [0.4, 0.5) is 5.69 Å². The summed E-state index contributed by atoms with van der Waals surface area (Å²) in [7, 11) is -1.82. The molecule has 0 radical (unpaired) electrons. The minimum atomic E-state index is -3.63. The first-order valence-electron chi connectivity index (χ1n) is 7.04. The maximum absolute atomic E-state index is 12.9. The Kier molecular flexibility index (Phi) is 5.41. The normalized spacial score (nSPS) is 12.8. The summed E-state index contributed by atoms with van der Waals surface area (Å²) >= 11 is 0. The third-order valence-electron chi connectivity index (χ3n) is 3.26. The molecular formula is C15H26N2O3S. The second-order valence-electron chi connectivity index (χ2n) is 5.93. The Morgan fingerprint density at radius 3 is 2.05 bits per heavy atom. The van der Waals surface area contributed by atoms with Gasteiger partial charge in [-0.15, -0.1) is 0 Å². The zero-order valence-corrected chi connectivity index (χ0v) is 14.5. The smallest absolute Gasteiger partial charge is 0.243 e. The quantitative estimate of drug-likeness (QED) is 0.844. The lowest BCUT2D eigenvalue weighted by Crippen LogP contribution is -2.42. The molecule has 0 aliphatic rings. The van der Waals surface area contributed by atoms with Crippen molar-refractivity contribution >= 4 is 15.7 Å². The van der Waals surface area contributed by atoms with E-state index in [1.165, 1.54) is 4.31 Å². The van der Waals surface area contributed by atoms with E-state index < -0.39 is 15.6 Å². The summed E-state index contributed by atoms with van der Waals surface area (Å²) in [5.41, 5.74) is 1.21. The molecule has 0 aliphatic carbocycles. The molecule has 0 amide bonds. The number of aliphatic hydroxyl groups is 1. The molecular weight excluding hydrogens is 288 g/mol. The maximum Gasteiger partial charge on any atom is 0.243 e. The highest BCUT2D eigenvalue weighted by molar-refractivity contribution is 7.89. The molecule has 0 atom stereocenters. The maximum atomic E-state index is 12.9. The van der Waals surface area contributed by atoms with Crippen LogP contribution < -0.4 is 5.32 Å². The van der Waals surface area contributed by atoms with Crippen molar-refractivity contribution in [1.29, 1.82) is 0 Å². The lowest BCUT2D eigenvalue weighted by atomic mass is 10.1. The number of anilines is 1. The van der Waals surface area contributed by atoms with Gasteiger partial charge in [0.05, 0.1) is 10.5 Å². The molecule has 0 saturated heterocycles. The third-order valence-corrected chi connectivity index (χ3v) is 5.49. The molecule has 0 bridgehead atoms. The molecule has 1 aromatic carbocycles. The Balaban J connectivity index is 3.36. The van der Waals surface area contributed by atoms with Crippen molar-refractivity contribution in [2.45, 2.75) is 45.1 Å². The SMILES string of the molecule is CCN(CC(C)(C)O)S(=O)(=O)c1c(C)cc(NC)cc1C. The van der Waals surface area contributed by atoms with Gasteiger partial charge in [-0.25, -0.2) is 8.42 Å². The van der Waals surface area contributed by atoms with E-state index in [2.05, 4.69) is 5.32 Å². The fourth-order valence-corrected chi connectivity index (χ4v) is 4.44. The molecule has 5 nitrogen and oxygen atoms in total. The van der Waals surface area contributed by atoms with Gasteiger partial charge in [0.1, 0.15) is 0 Å². The van der Waals surface area contributed by atoms with E-state index >= 15 is 0 Å². The van der Waals surface area contributed by atoms with Gasteiger partial charge in [-0.2, -0.15) is 4.31 Å². The highest BCUT2D eigenvalue weighted by Crippen LogP contribution is 2.27. The molecule has 21 heavy (non-hydrogen) atoms. The molecule has 0 aliphatic heterocycles. The predicted molar refractivity (Wildman–Crippen MR) is 86.2 cm³/mol. The van der Waals surface area contributed by atoms with Gasteiger partial charge in [0, 0.05) is 25.8 Å². The van der Waals surface area contributed by atoms with Crippen LogP contribution in [0.1, 0.15) is 31.9 Å². The highest BCUT2D eigenvalue weighted by Gasteiger charge is 2.30. The number of aryl methyl sites for hydroxylation is 2. The number of sulfonamides is 1. The Labute approximate surface area is 128 Å². The van der Waals surface area contributed by atoms with Gasteiger partial charge in [0.15, 0.2) is 0 Å². The molecule has 120 valence electrons. The van der Waals surface area contributed by atoms with Gasteiger partial charge < -0.3 is 10.4 Å². The molecule has 0 heterocycles. The van der Waals surface area contributed by atoms with Crippen LogP contribution in [0.3, 0.4) is 0 Å². The van der Waals surface area contributed by atoms with Crippen LogP contribution in [0, 0.1) is 13.8 Å². The number of likely N-dealkylation sites (N-methyl/N-ethyl adjacent to an activating group) is 1. The number of hydrogen-bond donors (Lipinski definition) is 2. The topological polar surface area (TPSA) is 69.6 Å². The summed E-state index contributed by atoms with van der Waals surface area (Å²) < 4.78 is 27.1. The van der Waals surface area contributed by atoms with Crippen molar-refractivity contribution in [2.24, 2.45) is 0 Å². The molecule has 0 spiro atoms. The van der Waals surface area contributed by atoms with Crippen LogP contribution in [-0.2, 0) is 10.0 Å². The minimum Gasteiger partial charge on any atom is -0.389 e. The zero-order chi connectivity index (χ0) is 16.4. The number of rotatable bonds is 6. The van der Waals surface area contributed by atoms with E-state index in [1.807, 2.05) is 12.1 Å². The van der Waals surface area contributed by atoms with Gasteiger partial charge in [0.25, 0.3) is 0 Å². The zero-order valence-electron chi connectivity index (χ0n) is 13.7. The molecule has 0 aromatic heterocycles. The second-order valence-corrected chi connectivity index (χ2v) is 7.81. The molecule has 0 saturated carbocycles. The van der Waals surface area contributed by atoms with Crippen LogP contribution in [0.5, 0.6) is 0 Å². The lowest BCUT2D eigenvalue weighted by Gasteiger charge is -2.28. The van der Waals surface area contributed by atoms with Gasteiger partial charge in [-0.05, 0) is 51.0 Å². The van der Waals surface area contributed by atoms with E-state index in [-0.39, 0.29) is 6.54 Å². The van der Waals surface area contributed by atoms with Crippen LogP contribution in [0.25, 0.3) is 0 Å². The number of nitrogens with zero attached hydrogens (tertiary/aromatic N) is 1. The van der Waals surface area contributed by atoms with Crippen LogP contribution >= 0.6 is 0 Å². The largest absolute Gasteiger partial charge is 0.389 e. The number of hydrogen-bond acceptors (Lipinski definition) is 4. The summed E-state index contributed by atoms with van der Waals surface area (Å²) in [6, 6.07) is 3.63. The van der Waals surface area contributed by atoms with E-state index in [1.54, 1.807) is 41.7 Å². The van der Waals surface area contributed by atoms with E-state index in [0.717, 1.165) is 5.69 Å². The lowest BCUT2D eigenvalue weighted by molar-refractivity contribution is 0.0601. The molecule has 0 fully saturated rings. The van der Waals surface area contributed by atoms with Crippen LogP contribution in [0.15, 0.2) is 17.0 Å². The molecule has 2 N–H and O–H groups in total. The summed E-state index contributed by atoms with van der Waals surface area (Å²) in [5, 5.41) is 13.0. The first kappa shape index (κ1) is 17.9. The molecule has 6 heteroatoms. The highest BCUT2D eigenvalue weighted by atomic mass is 32.2. The molecule has 0 unspecified atom stereocenters. The van der Waals surface area contributed by atoms with Crippen molar-refractivity contribution in [3.8, 4) is 0 Å². The van der Waals surface area contributed by atoms with Crippen molar-refractivity contribution < 1.29 is 13.5 Å². The van der Waals surface area contributed by atoms with E-state index in [9.17, 15) is 13.5 Å². The average molecular weight is 314 g/mol. The van der Waals surface area contributed by atoms with E-state index in [4.69, 9.17) is 0 Å². The Morgan fingerprint density at radius 1 is 1.24 bits per heavy atom. The van der Waals surface area contributed by atoms with Crippen molar-refractivity contribution in [3.63, 3.8) is 0 Å². The third kappa shape index (κ3) is 4.18. The monoisotopic (exact) mass is 314 g/mol. The van der Waals surface area contributed by atoms with Crippen LogP contribution in [-0.4, -0.2) is 43.6 Å². The Morgan fingerprint density at radius 2 is 1.71 bits per heavy atom. The van der Waals surface area contributed by atoms with Gasteiger partial charge in [-0.1, -0.05) is 6.92 Å².